The molecule has 0 fully saturated rings. The molecular weight excluding hydrogens is 914 g/mol. The molecule has 2 aliphatic heterocycles. The minimum atomic E-state index is -2.45. The van der Waals surface area contributed by atoms with Crippen molar-refractivity contribution in [2.24, 2.45) is 0 Å². The van der Waals surface area contributed by atoms with Crippen LogP contribution in [0.15, 0.2) is 206 Å². The van der Waals surface area contributed by atoms with Crippen LogP contribution in [0.3, 0.4) is 0 Å². The van der Waals surface area contributed by atoms with Crippen LogP contribution in [-0.4, -0.2) is 6.71 Å². The van der Waals surface area contributed by atoms with Crippen LogP contribution < -0.4 is 30.4 Å². The molecule has 0 saturated carbocycles. The molecule has 0 aliphatic carbocycles. The fraction of sp³-hybridized carbons (Fsp3) is 0.188. The molecule has 3 heterocycles. The number of nitrogens with zero attached hydrogens (tertiary/aromatic N) is 3. The van der Waals surface area contributed by atoms with Gasteiger partial charge in [0, 0.05) is 69.9 Å². The van der Waals surface area contributed by atoms with Crippen molar-refractivity contribution in [3.8, 4) is 22.3 Å². The van der Waals surface area contributed by atoms with Crippen LogP contribution in [0.25, 0.3) is 32.3 Å². The Kier molecular flexibility index (Phi) is 10.6. The molecule has 0 bridgehead atoms. The molecule has 0 spiro atoms. The third-order valence-electron chi connectivity index (χ3n) is 15.1. The fourth-order valence-corrected chi connectivity index (χ4v) is 13.1. The third kappa shape index (κ3) is 8.04. The van der Waals surface area contributed by atoms with E-state index in [-0.39, 0.29) is 28.5 Å². The van der Waals surface area contributed by atoms with Crippen molar-refractivity contribution in [3.05, 3.63) is 229 Å². The van der Waals surface area contributed by atoms with Gasteiger partial charge in [0.2, 0.25) is 0 Å². The van der Waals surface area contributed by atoms with Crippen molar-refractivity contribution >= 4 is 95.0 Å². The van der Waals surface area contributed by atoms with Gasteiger partial charge >= 0.3 is 0 Å². The zero-order valence-electron chi connectivity index (χ0n) is 47.0. The zero-order chi connectivity index (χ0) is 53.8. The number of hydrogen-bond donors (Lipinski definition) is 0. The first-order valence-corrected chi connectivity index (χ1v) is 26.9. The molecule has 0 radical (unpaired) electrons. The van der Waals surface area contributed by atoms with E-state index in [2.05, 4.69) is 271 Å². The molecule has 12 rings (SSSR count). The summed E-state index contributed by atoms with van der Waals surface area (Å²) < 4.78 is 30.6. The summed E-state index contributed by atoms with van der Waals surface area (Å²) >= 11 is 1.90. The molecule has 74 heavy (non-hydrogen) atoms. The van der Waals surface area contributed by atoms with E-state index in [1.54, 1.807) is 0 Å². The predicted octanol–water partition coefficient (Wildman–Crippen LogP) is 18.0. The van der Waals surface area contributed by atoms with Crippen LogP contribution in [0.4, 0.5) is 51.2 Å². The van der Waals surface area contributed by atoms with Crippen molar-refractivity contribution in [2.45, 2.75) is 85.4 Å². The summed E-state index contributed by atoms with van der Waals surface area (Å²) in [5, 5.41) is 1.17. The lowest BCUT2D eigenvalue weighted by Gasteiger charge is -2.45. The fourth-order valence-electron chi connectivity index (χ4n) is 11.4. The van der Waals surface area contributed by atoms with E-state index < -0.39 is 6.85 Å². The van der Waals surface area contributed by atoms with E-state index >= 15 is 0 Å². The second-order valence-electron chi connectivity index (χ2n) is 23.2. The SMILES string of the molecule is [2H]C([2H])([2H])c1cc2c3c(c1)N(c1ccc(C(C)(C)C)cc1)c1c(sc4c(C(C)(C)C)cccc14)B3c1ccc(N(c3ccccc3)c3ccccc3)cc1N2c1c(-c2ccccc2)cc(C(C)(C)C)cc1-c1ccccc1. The highest BCUT2D eigenvalue weighted by Gasteiger charge is 2.47. The predicted molar refractivity (Wildman–Crippen MR) is 322 cm³/mol. The standard InChI is InChI=1S/C69H64BN3S/c1-45-40-60-62-61(41-45)73(63-55(46-24-15-11-16-25-46)42-49(68(5,6)7)43-56(63)47-26-17-12-18-27-47)59-44-53(71(50-28-19-13-20-29-50)51-30-21-14-22-31-51)38-39-58(59)70(62)66-64(54-32-23-33-57(65(54)74-66)69(8,9)10)72(60)52-36-34-48(35-37-52)67(2,3)4/h11-44H,1-10H3/i1D3. The van der Waals surface area contributed by atoms with Gasteiger partial charge in [-0.05, 0) is 140 Å². The number of aryl methyl sites for hydroxylation is 1. The lowest BCUT2D eigenvalue weighted by atomic mass is 9.36. The van der Waals surface area contributed by atoms with Gasteiger partial charge < -0.3 is 14.7 Å². The molecule has 0 amide bonds. The molecule has 9 aromatic carbocycles. The van der Waals surface area contributed by atoms with E-state index in [0.29, 0.717) is 0 Å². The third-order valence-corrected chi connectivity index (χ3v) is 16.4. The molecule has 0 saturated heterocycles. The second kappa shape index (κ2) is 17.8. The van der Waals surface area contributed by atoms with Crippen LogP contribution in [0.1, 0.15) is 88.7 Å². The largest absolute Gasteiger partial charge is 0.310 e. The normalized spacial score (nSPS) is 14.0. The van der Waals surface area contributed by atoms with Gasteiger partial charge in [-0.15, -0.1) is 11.3 Å². The van der Waals surface area contributed by atoms with Gasteiger partial charge in [-0.1, -0.05) is 196 Å². The quantitative estimate of drug-likeness (QED) is 0.147. The Labute approximate surface area is 447 Å². The molecule has 364 valence electrons. The van der Waals surface area contributed by atoms with Crippen LogP contribution >= 0.6 is 11.3 Å². The highest BCUT2D eigenvalue weighted by atomic mass is 32.1. The van der Waals surface area contributed by atoms with E-state index in [4.69, 9.17) is 0 Å². The van der Waals surface area contributed by atoms with Crippen LogP contribution in [-0.2, 0) is 16.2 Å². The maximum atomic E-state index is 9.38. The molecular formula is C69H64BN3S. The minimum Gasteiger partial charge on any atom is -0.310 e. The summed E-state index contributed by atoms with van der Waals surface area (Å²) in [6.45, 7) is 17.8. The van der Waals surface area contributed by atoms with Crippen molar-refractivity contribution in [1.82, 2.24) is 0 Å². The van der Waals surface area contributed by atoms with Crippen molar-refractivity contribution in [3.63, 3.8) is 0 Å². The highest BCUT2D eigenvalue weighted by molar-refractivity contribution is 7.34. The van der Waals surface area contributed by atoms with E-state index in [1.807, 2.05) is 23.5 Å². The molecule has 2 aliphatic rings. The first kappa shape index (κ1) is 43.9. The average molecular weight is 981 g/mol. The van der Waals surface area contributed by atoms with E-state index in [9.17, 15) is 4.11 Å². The molecule has 0 atom stereocenters. The lowest BCUT2D eigenvalue weighted by molar-refractivity contribution is 0.590. The molecule has 0 N–H and O–H groups in total. The Hall–Kier alpha value is -7.60. The Morgan fingerprint density at radius 2 is 1.00 bits per heavy atom. The van der Waals surface area contributed by atoms with Gasteiger partial charge in [0.1, 0.15) is 0 Å². The van der Waals surface area contributed by atoms with Gasteiger partial charge in [-0.2, -0.15) is 0 Å². The van der Waals surface area contributed by atoms with Gasteiger partial charge in [0.25, 0.3) is 6.71 Å². The number of thiophene rings is 1. The van der Waals surface area contributed by atoms with Crippen LogP contribution in [0.5, 0.6) is 0 Å². The topological polar surface area (TPSA) is 9.72 Å². The number of benzene rings is 9. The summed E-state index contributed by atoms with van der Waals surface area (Å²) in [4.78, 5) is 7.19. The van der Waals surface area contributed by atoms with E-state index in [1.165, 1.54) is 31.6 Å². The maximum absolute atomic E-state index is 9.38. The molecule has 0 unspecified atom stereocenters. The Morgan fingerprint density at radius 1 is 0.459 bits per heavy atom. The number of rotatable bonds is 7. The monoisotopic (exact) mass is 981 g/mol. The minimum absolute atomic E-state index is 0.0666. The highest BCUT2D eigenvalue weighted by Crippen LogP contribution is 2.54. The van der Waals surface area contributed by atoms with E-state index in [0.717, 1.165) is 84.4 Å². The van der Waals surface area contributed by atoms with Gasteiger partial charge in [0.05, 0.1) is 11.4 Å². The van der Waals surface area contributed by atoms with Gasteiger partial charge in [-0.3, -0.25) is 0 Å². The summed E-state index contributed by atoms with van der Waals surface area (Å²) in [7, 11) is 0. The van der Waals surface area contributed by atoms with Gasteiger partial charge in [-0.25, -0.2) is 0 Å². The summed E-state index contributed by atoms with van der Waals surface area (Å²) in [5.74, 6) is 0. The number of anilines is 9. The summed E-state index contributed by atoms with van der Waals surface area (Å²) in [6.07, 6.45) is 0. The van der Waals surface area contributed by atoms with Crippen molar-refractivity contribution in [1.29, 1.82) is 0 Å². The number of hydrogen-bond acceptors (Lipinski definition) is 4. The molecule has 10 aromatic rings. The van der Waals surface area contributed by atoms with Crippen LogP contribution in [0.2, 0.25) is 0 Å². The Morgan fingerprint density at radius 3 is 1.53 bits per heavy atom. The summed E-state index contributed by atoms with van der Waals surface area (Å²) in [5.41, 5.74) is 18.9. The average Bonchev–Trinajstić information content (AvgIpc) is 4.05. The zero-order valence-corrected chi connectivity index (χ0v) is 44.8. The summed E-state index contributed by atoms with van der Waals surface area (Å²) in [6, 6.07) is 74.2. The van der Waals surface area contributed by atoms with Crippen molar-refractivity contribution < 1.29 is 4.11 Å². The Balaban J connectivity index is 1.27. The maximum Gasteiger partial charge on any atom is 0.264 e. The first-order chi connectivity index (χ1) is 36.8. The molecule has 5 heteroatoms. The van der Waals surface area contributed by atoms with Gasteiger partial charge in [0.15, 0.2) is 0 Å². The smallest absolute Gasteiger partial charge is 0.264 e. The van der Waals surface area contributed by atoms with Crippen LogP contribution in [0, 0.1) is 6.85 Å². The number of fused-ring (bicyclic) bond motifs is 6. The lowest BCUT2D eigenvalue weighted by Crippen LogP contribution is -2.60. The molecule has 1 aromatic heterocycles. The Bertz CT molecular complexity index is 3750. The molecule has 3 nitrogen and oxygen atoms in total. The first-order valence-electron chi connectivity index (χ1n) is 27.5. The number of para-hydroxylation sites is 2. The van der Waals surface area contributed by atoms with Crippen molar-refractivity contribution in [2.75, 3.05) is 14.7 Å². The second-order valence-corrected chi connectivity index (χ2v) is 24.3.